The van der Waals surface area contributed by atoms with E-state index in [9.17, 15) is 4.79 Å². The fraction of sp³-hybridized carbons (Fsp3) is 0.667. The zero-order chi connectivity index (χ0) is 8.27. The van der Waals surface area contributed by atoms with Crippen LogP contribution in [0.4, 0.5) is 0 Å². The quantitative estimate of drug-likeness (QED) is 0.509. The Labute approximate surface area is 67.6 Å². The molecule has 1 fully saturated rings. The molecule has 1 unspecified atom stereocenters. The topological polar surface area (TPSA) is 20.3 Å². The summed E-state index contributed by atoms with van der Waals surface area (Å²) in [7, 11) is 0. The second-order valence-electron chi connectivity index (χ2n) is 2.88. The van der Waals surface area contributed by atoms with Crippen molar-refractivity contribution in [3.63, 3.8) is 0 Å². The van der Waals surface area contributed by atoms with Crippen LogP contribution in [0, 0.1) is 17.8 Å². The van der Waals surface area contributed by atoms with Crippen LogP contribution >= 0.6 is 0 Å². The molecule has 0 spiro atoms. The molecule has 2 nitrogen and oxygen atoms in total. The SMILES string of the molecule is CC#CCN1CCC(C)C1=O. The van der Waals surface area contributed by atoms with Crippen LogP contribution in [-0.4, -0.2) is 23.9 Å². The maximum atomic E-state index is 11.3. The minimum Gasteiger partial charge on any atom is -0.331 e. The number of rotatable bonds is 1. The van der Waals surface area contributed by atoms with Crippen molar-refractivity contribution in [2.45, 2.75) is 20.3 Å². The number of hydrogen-bond acceptors (Lipinski definition) is 1. The molecule has 0 radical (unpaired) electrons. The first-order valence-corrected chi connectivity index (χ1v) is 3.94. The predicted molar refractivity (Wildman–Crippen MR) is 43.8 cm³/mol. The van der Waals surface area contributed by atoms with Crippen molar-refractivity contribution in [2.75, 3.05) is 13.1 Å². The summed E-state index contributed by atoms with van der Waals surface area (Å²) in [6, 6.07) is 0. The Morgan fingerprint density at radius 1 is 1.73 bits per heavy atom. The standard InChI is InChI=1S/C9H13NO/c1-3-4-6-10-7-5-8(2)9(10)11/h8H,5-7H2,1-2H3. The van der Waals surface area contributed by atoms with Crippen molar-refractivity contribution < 1.29 is 4.79 Å². The van der Waals surface area contributed by atoms with E-state index in [1.165, 1.54) is 0 Å². The van der Waals surface area contributed by atoms with Crippen molar-refractivity contribution in [3.8, 4) is 11.8 Å². The first-order valence-electron chi connectivity index (χ1n) is 3.94. The maximum Gasteiger partial charge on any atom is 0.226 e. The first-order chi connectivity index (χ1) is 5.25. The van der Waals surface area contributed by atoms with Crippen molar-refractivity contribution in [3.05, 3.63) is 0 Å². The summed E-state index contributed by atoms with van der Waals surface area (Å²) >= 11 is 0. The molecule has 1 amide bonds. The lowest BCUT2D eigenvalue weighted by Gasteiger charge is -2.10. The Balaban J connectivity index is 2.46. The molecule has 0 N–H and O–H groups in total. The van der Waals surface area contributed by atoms with Gasteiger partial charge in [-0.15, -0.1) is 5.92 Å². The van der Waals surface area contributed by atoms with E-state index in [0.29, 0.717) is 6.54 Å². The fourth-order valence-corrected chi connectivity index (χ4v) is 1.23. The van der Waals surface area contributed by atoms with Crippen LogP contribution < -0.4 is 0 Å². The summed E-state index contributed by atoms with van der Waals surface area (Å²) < 4.78 is 0. The van der Waals surface area contributed by atoms with Crippen LogP contribution in [0.2, 0.25) is 0 Å². The van der Waals surface area contributed by atoms with Crippen LogP contribution in [0.15, 0.2) is 0 Å². The van der Waals surface area contributed by atoms with Crippen molar-refractivity contribution in [1.82, 2.24) is 4.90 Å². The molecule has 0 bridgehead atoms. The number of carbonyl (C=O) groups is 1. The van der Waals surface area contributed by atoms with Gasteiger partial charge in [-0.3, -0.25) is 4.79 Å². The highest BCUT2D eigenvalue weighted by Gasteiger charge is 2.26. The van der Waals surface area contributed by atoms with E-state index in [1.54, 1.807) is 6.92 Å². The van der Waals surface area contributed by atoms with E-state index in [0.717, 1.165) is 13.0 Å². The van der Waals surface area contributed by atoms with E-state index >= 15 is 0 Å². The number of hydrogen-bond donors (Lipinski definition) is 0. The molecular weight excluding hydrogens is 138 g/mol. The van der Waals surface area contributed by atoms with E-state index in [1.807, 2.05) is 11.8 Å². The molecule has 1 aliphatic heterocycles. The minimum absolute atomic E-state index is 0.216. The van der Waals surface area contributed by atoms with Gasteiger partial charge >= 0.3 is 0 Å². The molecule has 0 aromatic carbocycles. The van der Waals surface area contributed by atoms with Crippen LogP contribution in [0.1, 0.15) is 20.3 Å². The largest absolute Gasteiger partial charge is 0.331 e. The van der Waals surface area contributed by atoms with Crippen LogP contribution in [0.5, 0.6) is 0 Å². The fourth-order valence-electron chi connectivity index (χ4n) is 1.23. The highest BCUT2D eigenvalue weighted by molar-refractivity contribution is 5.80. The van der Waals surface area contributed by atoms with Crippen molar-refractivity contribution >= 4 is 5.91 Å². The smallest absolute Gasteiger partial charge is 0.226 e. The highest BCUT2D eigenvalue weighted by atomic mass is 16.2. The summed E-state index contributed by atoms with van der Waals surface area (Å²) in [5, 5.41) is 0. The summed E-state index contributed by atoms with van der Waals surface area (Å²) in [5.74, 6) is 6.16. The molecular formula is C9H13NO. The molecule has 0 aromatic rings. The third-order valence-corrected chi connectivity index (χ3v) is 2.01. The van der Waals surface area contributed by atoms with Crippen LogP contribution in [0.3, 0.4) is 0 Å². The average molecular weight is 151 g/mol. The third-order valence-electron chi connectivity index (χ3n) is 2.01. The van der Waals surface area contributed by atoms with Crippen LogP contribution in [0.25, 0.3) is 0 Å². The number of amides is 1. The van der Waals surface area contributed by atoms with Crippen molar-refractivity contribution in [1.29, 1.82) is 0 Å². The number of nitrogens with zero attached hydrogens (tertiary/aromatic N) is 1. The summed E-state index contributed by atoms with van der Waals surface area (Å²) in [6.45, 7) is 5.26. The Morgan fingerprint density at radius 2 is 2.45 bits per heavy atom. The lowest BCUT2D eigenvalue weighted by atomic mass is 10.1. The lowest BCUT2D eigenvalue weighted by molar-refractivity contribution is -0.129. The lowest BCUT2D eigenvalue weighted by Crippen LogP contribution is -2.26. The van der Waals surface area contributed by atoms with E-state index < -0.39 is 0 Å². The number of likely N-dealkylation sites (tertiary alicyclic amines) is 1. The normalized spacial score (nSPS) is 23.3. The van der Waals surface area contributed by atoms with Gasteiger partial charge in [0.05, 0.1) is 6.54 Å². The van der Waals surface area contributed by atoms with Gasteiger partial charge in [-0.1, -0.05) is 12.8 Å². The van der Waals surface area contributed by atoms with Gasteiger partial charge in [0.25, 0.3) is 0 Å². The first kappa shape index (κ1) is 8.13. The van der Waals surface area contributed by atoms with Gasteiger partial charge in [0.1, 0.15) is 0 Å². The predicted octanol–water partition coefficient (Wildman–Crippen LogP) is 0.878. The Kier molecular flexibility index (Phi) is 2.53. The van der Waals surface area contributed by atoms with Gasteiger partial charge in [-0.25, -0.2) is 0 Å². The molecule has 1 atom stereocenters. The molecule has 0 aliphatic carbocycles. The van der Waals surface area contributed by atoms with Gasteiger partial charge in [0.2, 0.25) is 5.91 Å². The maximum absolute atomic E-state index is 11.3. The van der Waals surface area contributed by atoms with E-state index in [-0.39, 0.29) is 11.8 Å². The third kappa shape index (κ3) is 1.74. The highest BCUT2D eigenvalue weighted by Crippen LogP contribution is 2.15. The molecule has 1 aliphatic rings. The van der Waals surface area contributed by atoms with E-state index in [4.69, 9.17) is 0 Å². The Morgan fingerprint density at radius 3 is 2.91 bits per heavy atom. The van der Waals surface area contributed by atoms with Crippen LogP contribution in [-0.2, 0) is 4.79 Å². The summed E-state index contributed by atoms with van der Waals surface area (Å²) in [6.07, 6.45) is 0.990. The zero-order valence-corrected chi connectivity index (χ0v) is 7.05. The van der Waals surface area contributed by atoms with Gasteiger partial charge in [0.15, 0.2) is 0 Å². The van der Waals surface area contributed by atoms with Gasteiger partial charge < -0.3 is 4.90 Å². The average Bonchev–Trinajstić information content (AvgIpc) is 2.31. The Hall–Kier alpha value is -0.970. The molecule has 1 rings (SSSR count). The van der Waals surface area contributed by atoms with Crippen molar-refractivity contribution in [2.24, 2.45) is 5.92 Å². The second kappa shape index (κ2) is 3.43. The minimum atomic E-state index is 0.216. The molecule has 1 heterocycles. The number of carbonyl (C=O) groups excluding carboxylic acids is 1. The summed E-state index contributed by atoms with van der Waals surface area (Å²) in [5.41, 5.74) is 0. The molecule has 11 heavy (non-hydrogen) atoms. The second-order valence-corrected chi connectivity index (χ2v) is 2.88. The van der Waals surface area contributed by atoms with Gasteiger partial charge in [-0.05, 0) is 13.3 Å². The Bertz CT molecular complexity index is 211. The molecule has 2 heteroatoms. The molecule has 1 saturated heterocycles. The zero-order valence-electron chi connectivity index (χ0n) is 7.05. The van der Waals surface area contributed by atoms with Gasteiger partial charge in [0, 0.05) is 12.5 Å². The van der Waals surface area contributed by atoms with E-state index in [2.05, 4.69) is 11.8 Å². The molecule has 0 saturated carbocycles. The molecule has 60 valence electrons. The van der Waals surface area contributed by atoms with Gasteiger partial charge in [-0.2, -0.15) is 0 Å². The molecule has 0 aromatic heterocycles. The summed E-state index contributed by atoms with van der Waals surface area (Å²) in [4.78, 5) is 13.1. The monoisotopic (exact) mass is 151 g/mol.